The summed E-state index contributed by atoms with van der Waals surface area (Å²) in [5.74, 6) is -0.500. The Balaban J connectivity index is 2.29. The van der Waals surface area contributed by atoms with E-state index in [1.807, 2.05) is 0 Å². The maximum atomic E-state index is 14.0. The first-order valence-electron chi connectivity index (χ1n) is 5.37. The number of H-pyrrole nitrogens is 1. The molecule has 0 unspecified atom stereocenters. The highest BCUT2D eigenvalue weighted by Gasteiger charge is 2.23. The minimum atomic E-state index is -0.497. The molecule has 19 heavy (non-hydrogen) atoms. The molecule has 2 aromatic heterocycles. The molecule has 0 aliphatic carbocycles. The van der Waals surface area contributed by atoms with Gasteiger partial charge >= 0.3 is 0 Å². The van der Waals surface area contributed by atoms with Crippen LogP contribution in [0.25, 0.3) is 22.5 Å². The Morgan fingerprint density at radius 1 is 1.26 bits per heavy atom. The van der Waals surface area contributed by atoms with Crippen molar-refractivity contribution in [3.63, 3.8) is 0 Å². The highest BCUT2D eigenvalue weighted by atomic mass is 35.5. The molecule has 0 atom stereocenters. The van der Waals surface area contributed by atoms with E-state index < -0.39 is 5.82 Å². The van der Waals surface area contributed by atoms with Gasteiger partial charge in [-0.3, -0.25) is 5.10 Å². The van der Waals surface area contributed by atoms with Crippen molar-refractivity contribution >= 4 is 17.5 Å². The van der Waals surface area contributed by atoms with Crippen molar-refractivity contribution in [1.29, 1.82) is 0 Å². The fourth-order valence-corrected chi connectivity index (χ4v) is 2.11. The highest BCUT2D eigenvalue weighted by molar-refractivity contribution is 6.33. The Labute approximate surface area is 112 Å². The fraction of sp³-hybridized carbons (Fsp3) is 0. The van der Waals surface area contributed by atoms with E-state index in [4.69, 9.17) is 21.9 Å². The van der Waals surface area contributed by atoms with Crippen molar-refractivity contribution in [2.75, 3.05) is 5.73 Å². The van der Waals surface area contributed by atoms with Gasteiger partial charge in [-0.2, -0.15) is 5.10 Å². The number of hydrogen-bond donors (Lipinski definition) is 2. The van der Waals surface area contributed by atoms with Gasteiger partial charge in [-0.25, -0.2) is 4.39 Å². The van der Waals surface area contributed by atoms with Crippen LogP contribution in [-0.2, 0) is 0 Å². The predicted molar refractivity (Wildman–Crippen MR) is 68.9 cm³/mol. The summed E-state index contributed by atoms with van der Waals surface area (Å²) in [6, 6.07) is 6.06. The SMILES string of the molecule is Nc1onc(-c2ccn[nH]2)c1-c1c(F)cccc1Cl. The number of nitrogens with two attached hydrogens (primary N) is 1. The normalized spacial score (nSPS) is 10.8. The van der Waals surface area contributed by atoms with Crippen LogP contribution in [0.5, 0.6) is 0 Å². The average molecular weight is 279 g/mol. The van der Waals surface area contributed by atoms with Gasteiger partial charge in [0.2, 0.25) is 5.88 Å². The van der Waals surface area contributed by atoms with Gasteiger partial charge in [0.1, 0.15) is 11.5 Å². The van der Waals surface area contributed by atoms with Gasteiger partial charge in [0, 0.05) is 11.8 Å². The number of benzene rings is 1. The zero-order valence-electron chi connectivity index (χ0n) is 9.52. The molecule has 2 heterocycles. The Kier molecular flexibility index (Phi) is 2.72. The van der Waals surface area contributed by atoms with Crippen LogP contribution >= 0.6 is 11.6 Å². The molecule has 3 rings (SSSR count). The number of rotatable bonds is 2. The first-order valence-corrected chi connectivity index (χ1v) is 5.75. The van der Waals surface area contributed by atoms with Gasteiger partial charge in [-0.1, -0.05) is 22.8 Å². The first-order chi connectivity index (χ1) is 9.18. The molecule has 0 aliphatic heterocycles. The quantitative estimate of drug-likeness (QED) is 0.755. The van der Waals surface area contributed by atoms with E-state index in [9.17, 15) is 4.39 Å². The van der Waals surface area contributed by atoms with E-state index in [0.717, 1.165) is 0 Å². The molecular weight excluding hydrogens is 271 g/mol. The van der Waals surface area contributed by atoms with E-state index in [-0.39, 0.29) is 16.5 Å². The van der Waals surface area contributed by atoms with Gasteiger partial charge < -0.3 is 10.3 Å². The Morgan fingerprint density at radius 2 is 2.11 bits per heavy atom. The average Bonchev–Trinajstić information content (AvgIpc) is 2.99. The Bertz CT molecular complexity index is 703. The Morgan fingerprint density at radius 3 is 2.79 bits per heavy atom. The predicted octanol–water partition coefficient (Wildman–Crippen LogP) is 3.11. The molecule has 5 nitrogen and oxygen atoms in total. The molecule has 3 N–H and O–H groups in total. The topological polar surface area (TPSA) is 80.7 Å². The molecule has 1 aromatic carbocycles. The van der Waals surface area contributed by atoms with E-state index in [1.165, 1.54) is 12.1 Å². The van der Waals surface area contributed by atoms with Crippen molar-refractivity contribution in [3.05, 3.63) is 41.3 Å². The molecule has 7 heteroatoms. The molecule has 0 saturated heterocycles. The molecule has 0 fully saturated rings. The van der Waals surface area contributed by atoms with E-state index in [0.29, 0.717) is 17.0 Å². The number of aromatic amines is 1. The molecule has 0 aliphatic rings. The summed E-state index contributed by atoms with van der Waals surface area (Å²) < 4.78 is 18.9. The van der Waals surface area contributed by atoms with Crippen LogP contribution in [0.3, 0.4) is 0 Å². The highest BCUT2D eigenvalue weighted by Crippen LogP contribution is 2.40. The minimum absolute atomic E-state index is 0.00315. The van der Waals surface area contributed by atoms with Gasteiger partial charge in [0.05, 0.1) is 16.3 Å². The van der Waals surface area contributed by atoms with Gasteiger partial charge in [-0.15, -0.1) is 0 Å². The van der Waals surface area contributed by atoms with Gasteiger partial charge in [0.15, 0.2) is 0 Å². The van der Waals surface area contributed by atoms with Crippen LogP contribution in [0.1, 0.15) is 0 Å². The lowest BCUT2D eigenvalue weighted by atomic mass is 10.0. The van der Waals surface area contributed by atoms with Crippen LogP contribution in [0, 0.1) is 5.82 Å². The van der Waals surface area contributed by atoms with Crippen molar-refractivity contribution in [2.45, 2.75) is 0 Å². The lowest BCUT2D eigenvalue weighted by molar-refractivity contribution is 0.439. The lowest BCUT2D eigenvalue weighted by Gasteiger charge is -2.05. The number of nitrogen functional groups attached to an aromatic ring is 1. The van der Waals surface area contributed by atoms with Crippen LogP contribution in [0.2, 0.25) is 5.02 Å². The number of halogens is 2. The summed E-state index contributed by atoms with van der Waals surface area (Å²) in [6.45, 7) is 0. The number of aromatic nitrogens is 3. The third kappa shape index (κ3) is 1.86. The maximum absolute atomic E-state index is 14.0. The first kappa shape index (κ1) is 11.7. The summed E-state index contributed by atoms with van der Waals surface area (Å²) >= 11 is 6.04. The molecule has 96 valence electrons. The second kappa shape index (κ2) is 4.40. The summed E-state index contributed by atoms with van der Waals surface area (Å²) in [5.41, 5.74) is 7.13. The standard InChI is InChI=1S/C12H8ClFN4O/c13-6-2-1-3-7(14)9(6)10-11(18-19-12(10)15)8-4-5-16-17-8/h1-5H,15H2,(H,16,17). The van der Waals surface area contributed by atoms with Crippen molar-refractivity contribution < 1.29 is 8.91 Å². The minimum Gasteiger partial charge on any atom is -0.367 e. The summed E-state index contributed by atoms with van der Waals surface area (Å²) in [4.78, 5) is 0. The third-order valence-electron chi connectivity index (χ3n) is 2.69. The zero-order valence-corrected chi connectivity index (χ0v) is 10.3. The van der Waals surface area contributed by atoms with Crippen LogP contribution < -0.4 is 5.73 Å². The molecule has 0 bridgehead atoms. The largest absolute Gasteiger partial charge is 0.367 e. The molecular formula is C12H8ClFN4O. The summed E-state index contributed by atoms with van der Waals surface area (Å²) in [7, 11) is 0. The second-order valence-electron chi connectivity index (χ2n) is 3.84. The monoisotopic (exact) mass is 278 g/mol. The van der Waals surface area contributed by atoms with E-state index >= 15 is 0 Å². The smallest absolute Gasteiger partial charge is 0.230 e. The van der Waals surface area contributed by atoms with E-state index in [2.05, 4.69) is 15.4 Å². The molecule has 0 amide bonds. The lowest BCUT2D eigenvalue weighted by Crippen LogP contribution is -1.92. The molecule has 0 saturated carbocycles. The van der Waals surface area contributed by atoms with Crippen LogP contribution in [-0.4, -0.2) is 15.4 Å². The maximum Gasteiger partial charge on any atom is 0.230 e. The number of nitrogens with zero attached hydrogens (tertiary/aromatic N) is 2. The number of nitrogens with one attached hydrogen (secondary N) is 1. The van der Waals surface area contributed by atoms with Crippen molar-refractivity contribution in [2.24, 2.45) is 0 Å². The summed E-state index contributed by atoms with van der Waals surface area (Å²) in [6.07, 6.45) is 1.55. The second-order valence-corrected chi connectivity index (χ2v) is 4.24. The molecule has 0 spiro atoms. The van der Waals surface area contributed by atoms with Crippen molar-refractivity contribution in [1.82, 2.24) is 15.4 Å². The fourth-order valence-electron chi connectivity index (χ4n) is 1.85. The molecule has 0 radical (unpaired) electrons. The van der Waals surface area contributed by atoms with Crippen LogP contribution in [0.4, 0.5) is 10.3 Å². The Hall–Kier alpha value is -2.34. The number of hydrogen-bond acceptors (Lipinski definition) is 4. The van der Waals surface area contributed by atoms with Gasteiger partial charge in [0.25, 0.3) is 0 Å². The number of anilines is 1. The van der Waals surface area contributed by atoms with Crippen molar-refractivity contribution in [3.8, 4) is 22.5 Å². The summed E-state index contributed by atoms with van der Waals surface area (Å²) in [5, 5.41) is 10.6. The molecule has 3 aromatic rings. The zero-order chi connectivity index (χ0) is 13.4. The van der Waals surface area contributed by atoms with Crippen LogP contribution in [0.15, 0.2) is 35.0 Å². The van der Waals surface area contributed by atoms with E-state index in [1.54, 1.807) is 18.3 Å². The van der Waals surface area contributed by atoms with Gasteiger partial charge in [-0.05, 0) is 18.2 Å². The third-order valence-corrected chi connectivity index (χ3v) is 3.00.